The Morgan fingerprint density at radius 1 is 1.26 bits per heavy atom. The fraction of sp³-hybridized carbons (Fsp3) is 0.625. The Morgan fingerprint density at radius 2 is 2.00 bits per heavy atom. The van der Waals surface area contributed by atoms with Crippen molar-refractivity contribution in [3.8, 4) is 0 Å². The van der Waals surface area contributed by atoms with E-state index in [0.29, 0.717) is 0 Å². The molecule has 0 bridgehead atoms. The number of aliphatic hydroxyl groups is 1. The van der Waals surface area contributed by atoms with Crippen molar-refractivity contribution in [3.63, 3.8) is 0 Å². The highest BCUT2D eigenvalue weighted by atomic mass is 79.9. The maximum absolute atomic E-state index is 9.52. The lowest BCUT2D eigenvalue weighted by atomic mass is 9.87. The highest BCUT2D eigenvalue weighted by Gasteiger charge is 2.20. The van der Waals surface area contributed by atoms with Gasteiger partial charge in [-0.05, 0) is 62.8 Å². The molecule has 1 saturated carbocycles. The topological polar surface area (TPSA) is 23.5 Å². The van der Waals surface area contributed by atoms with Gasteiger partial charge in [0.05, 0.1) is 6.10 Å². The van der Waals surface area contributed by atoms with Gasteiger partial charge in [0.25, 0.3) is 0 Å². The number of aliphatic hydroxyl groups excluding tert-OH is 1. The van der Waals surface area contributed by atoms with E-state index in [1.54, 1.807) is 0 Å². The smallest absolute Gasteiger partial charge is 0.0540 e. The Morgan fingerprint density at radius 3 is 2.68 bits per heavy atom. The molecule has 0 radical (unpaired) electrons. The summed E-state index contributed by atoms with van der Waals surface area (Å²) in [5.41, 5.74) is 1.39. The number of hydrogen-bond donors (Lipinski definition) is 1. The van der Waals surface area contributed by atoms with Gasteiger partial charge in [0.15, 0.2) is 0 Å². The molecule has 2 nitrogen and oxygen atoms in total. The molecular weight excluding hydrogens is 302 g/mol. The molecule has 0 heterocycles. The lowest BCUT2D eigenvalue weighted by Crippen LogP contribution is -2.31. The van der Waals surface area contributed by atoms with Crippen LogP contribution < -0.4 is 0 Å². The minimum absolute atomic E-state index is 0.0387. The van der Waals surface area contributed by atoms with Crippen LogP contribution in [0.2, 0.25) is 0 Å². The maximum atomic E-state index is 9.52. The summed E-state index contributed by atoms with van der Waals surface area (Å²) in [6.45, 7) is 2.27. The van der Waals surface area contributed by atoms with Crippen molar-refractivity contribution in [3.05, 3.63) is 34.3 Å². The fourth-order valence-electron chi connectivity index (χ4n) is 2.87. The number of benzene rings is 1. The summed E-state index contributed by atoms with van der Waals surface area (Å²) in [6, 6.07) is 8.56. The predicted molar refractivity (Wildman–Crippen MR) is 83.3 cm³/mol. The first kappa shape index (κ1) is 15.0. The summed E-state index contributed by atoms with van der Waals surface area (Å²) in [5, 5.41) is 9.52. The summed E-state index contributed by atoms with van der Waals surface area (Å²) in [4.78, 5) is 2.43. The van der Waals surface area contributed by atoms with Crippen LogP contribution in [0.25, 0.3) is 0 Å². The summed E-state index contributed by atoms with van der Waals surface area (Å²) in [6.07, 6.45) is 5.41. The average molecular weight is 326 g/mol. The third-order valence-electron chi connectivity index (χ3n) is 4.06. The van der Waals surface area contributed by atoms with Crippen molar-refractivity contribution in [1.29, 1.82) is 0 Å². The van der Waals surface area contributed by atoms with Gasteiger partial charge in [0.2, 0.25) is 0 Å². The van der Waals surface area contributed by atoms with E-state index in [-0.39, 0.29) is 6.10 Å². The fourth-order valence-corrected chi connectivity index (χ4v) is 3.32. The van der Waals surface area contributed by atoms with Crippen molar-refractivity contribution in [1.82, 2.24) is 4.90 Å². The van der Waals surface area contributed by atoms with Crippen LogP contribution in [0.1, 0.15) is 31.2 Å². The zero-order valence-electron chi connectivity index (χ0n) is 11.7. The molecule has 0 atom stereocenters. The Balaban J connectivity index is 1.71. The van der Waals surface area contributed by atoms with Crippen molar-refractivity contribution >= 4 is 15.9 Å². The van der Waals surface area contributed by atoms with Crippen LogP contribution >= 0.6 is 15.9 Å². The third kappa shape index (κ3) is 5.25. The molecule has 0 amide bonds. The molecular formula is C16H24BrNO. The van der Waals surface area contributed by atoms with Crippen LogP contribution in [-0.2, 0) is 6.42 Å². The number of likely N-dealkylation sites (N-methyl/N-ethyl adjacent to an activating group) is 1. The van der Waals surface area contributed by atoms with Crippen LogP contribution in [0.3, 0.4) is 0 Å². The molecule has 0 aromatic heterocycles. The molecule has 19 heavy (non-hydrogen) atoms. The normalized spacial score (nSPS) is 23.8. The van der Waals surface area contributed by atoms with E-state index >= 15 is 0 Å². The van der Waals surface area contributed by atoms with E-state index in [0.717, 1.165) is 36.2 Å². The van der Waals surface area contributed by atoms with E-state index < -0.39 is 0 Å². The summed E-state index contributed by atoms with van der Waals surface area (Å²) < 4.78 is 1.16. The van der Waals surface area contributed by atoms with Crippen molar-refractivity contribution in [2.75, 3.05) is 20.1 Å². The van der Waals surface area contributed by atoms with Gasteiger partial charge in [0, 0.05) is 17.6 Å². The predicted octanol–water partition coefficient (Wildman–Crippen LogP) is 3.47. The van der Waals surface area contributed by atoms with E-state index in [2.05, 4.69) is 52.1 Å². The Hall–Kier alpha value is -0.380. The first-order valence-corrected chi connectivity index (χ1v) is 8.04. The molecule has 1 aliphatic rings. The SMILES string of the molecule is CN(CCc1cccc(Br)c1)CC1CCC(O)CC1. The molecule has 106 valence electrons. The standard InChI is InChI=1S/C16H24BrNO/c1-18(12-14-5-7-16(19)8-6-14)10-9-13-3-2-4-15(17)11-13/h2-4,11,14,16,19H,5-10,12H2,1H3. The molecule has 1 aliphatic carbocycles. The van der Waals surface area contributed by atoms with Gasteiger partial charge in [0.1, 0.15) is 0 Å². The third-order valence-corrected chi connectivity index (χ3v) is 4.55. The molecule has 3 heteroatoms. The van der Waals surface area contributed by atoms with Crippen molar-refractivity contribution in [2.24, 2.45) is 5.92 Å². The molecule has 0 spiro atoms. The monoisotopic (exact) mass is 325 g/mol. The molecule has 1 aromatic carbocycles. The molecule has 1 N–H and O–H groups in total. The Labute approximate surface area is 124 Å². The van der Waals surface area contributed by atoms with Gasteiger partial charge in [-0.25, -0.2) is 0 Å². The lowest BCUT2D eigenvalue weighted by molar-refractivity contribution is 0.0978. The molecule has 2 rings (SSSR count). The average Bonchev–Trinajstić information content (AvgIpc) is 2.39. The second-order valence-electron chi connectivity index (χ2n) is 5.82. The summed E-state index contributed by atoms with van der Waals surface area (Å²) in [7, 11) is 2.21. The van der Waals surface area contributed by atoms with E-state index in [1.807, 2.05) is 0 Å². The molecule has 1 aromatic rings. The van der Waals surface area contributed by atoms with Gasteiger partial charge in [-0.3, -0.25) is 0 Å². The molecule has 0 saturated heterocycles. The van der Waals surface area contributed by atoms with Gasteiger partial charge in [-0.1, -0.05) is 28.1 Å². The highest BCUT2D eigenvalue weighted by molar-refractivity contribution is 9.10. The zero-order chi connectivity index (χ0) is 13.7. The van der Waals surface area contributed by atoms with Crippen molar-refractivity contribution in [2.45, 2.75) is 38.2 Å². The number of halogens is 1. The largest absolute Gasteiger partial charge is 0.393 e. The van der Waals surface area contributed by atoms with Crippen LogP contribution in [-0.4, -0.2) is 36.2 Å². The zero-order valence-corrected chi connectivity index (χ0v) is 13.3. The van der Waals surface area contributed by atoms with Gasteiger partial charge in [-0.15, -0.1) is 0 Å². The van der Waals surface area contributed by atoms with Gasteiger partial charge in [-0.2, -0.15) is 0 Å². The Bertz CT molecular complexity index is 388. The number of rotatable bonds is 5. The maximum Gasteiger partial charge on any atom is 0.0540 e. The van der Waals surface area contributed by atoms with E-state index in [9.17, 15) is 5.11 Å². The van der Waals surface area contributed by atoms with Crippen LogP contribution in [0.5, 0.6) is 0 Å². The van der Waals surface area contributed by atoms with E-state index in [1.165, 1.54) is 24.9 Å². The van der Waals surface area contributed by atoms with E-state index in [4.69, 9.17) is 0 Å². The first-order chi connectivity index (χ1) is 9.13. The van der Waals surface area contributed by atoms with Gasteiger partial charge < -0.3 is 10.0 Å². The minimum Gasteiger partial charge on any atom is -0.393 e. The van der Waals surface area contributed by atoms with Crippen molar-refractivity contribution < 1.29 is 5.11 Å². The van der Waals surface area contributed by atoms with Gasteiger partial charge >= 0.3 is 0 Å². The molecule has 0 unspecified atom stereocenters. The number of nitrogens with zero attached hydrogens (tertiary/aromatic N) is 1. The van der Waals surface area contributed by atoms with Crippen LogP contribution in [0.15, 0.2) is 28.7 Å². The minimum atomic E-state index is -0.0387. The van der Waals surface area contributed by atoms with Crippen LogP contribution in [0, 0.1) is 5.92 Å². The highest BCUT2D eigenvalue weighted by Crippen LogP contribution is 2.24. The van der Waals surface area contributed by atoms with Crippen LogP contribution in [0.4, 0.5) is 0 Å². The molecule has 0 aliphatic heterocycles. The Kier molecular flexibility index (Phi) is 5.86. The quantitative estimate of drug-likeness (QED) is 0.895. The second kappa shape index (κ2) is 7.41. The molecule has 1 fully saturated rings. The second-order valence-corrected chi connectivity index (χ2v) is 6.73. The lowest BCUT2D eigenvalue weighted by Gasteiger charge is -2.29. The summed E-state index contributed by atoms with van der Waals surface area (Å²) in [5.74, 6) is 0.774. The summed E-state index contributed by atoms with van der Waals surface area (Å²) >= 11 is 3.52. The number of hydrogen-bond acceptors (Lipinski definition) is 2. The first-order valence-electron chi connectivity index (χ1n) is 7.24.